The van der Waals surface area contributed by atoms with Gasteiger partial charge in [0.25, 0.3) is 5.91 Å². The molecule has 2 aromatic carbocycles. The maximum absolute atomic E-state index is 12.4. The number of nitrogens with one attached hydrogen (secondary N) is 1. The summed E-state index contributed by atoms with van der Waals surface area (Å²) in [6.07, 6.45) is 0.282. The van der Waals surface area contributed by atoms with Crippen LogP contribution in [0.1, 0.15) is 12.5 Å². The van der Waals surface area contributed by atoms with Gasteiger partial charge in [-0.15, -0.1) is 0 Å². The fourth-order valence-corrected chi connectivity index (χ4v) is 2.62. The summed E-state index contributed by atoms with van der Waals surface area (Å²) >= 11 is 0. The second kappa shape index (κ2) is 7.29. The Bertz CT molecular complexity index is 853. The number of amides is 1. The Kier molecular flexibility index (Phi) is 5.38. The summed E-state index contributed by atoms with van der Waals surface area (Å²) in [5.41, 5.74) is 1.52. The molecule has 6 nitrogen and oxygen atoms in total. The number of aliphatic hydroxyl groups excluding tert-OH is 1. The van der Waals surface area contributed by atoms with Crippen molar-refractivity contribution in [2.45, 2.75) is 18.2 Å². The summed E-state index contributed by atoms with van der Waals surface area (Å²) in [6, 6.07) is 14.8. The van der Waals surface area contributed by atoms with E-state index in [4.69, 9.17) is 5.14 Å². The lowest BCUT2D eigenvalue weighted by atomic mass is 10.0. The van der Waals surface area contributed by atoms with E-state index in [0.717, 1.165) is 5.56 Å². The maximum atomic E-state index is 12.4. The molecule has 0 fully saturated rings. The molecule has 7 heteroatoms. The lowest BCUT2D eigenvalue weighted by molar-refractivity contribution is -0.113. The number of aliphatic hydroxyl groups is 1. The minimum Gasteiger partial charge on any atom is -0.512 e. The van der Waals surface area contributed by atoms with Gasteiger partial charge in [-0.05, 0) is 36.8 Å². The molecule has 0 saturated heterocycles. The van der Waals surface area contributed by atoms with Gasteiger partial charge in [-0.1, -0.05) is 30.3 Å². The van der Waals surface area contributed by atoms with E-state index in [0.29, 0.717) is 5.69 Å². The molecule has 0 aromatic heterocycles. The van der Waals surface area contributed by atoms with Gasteiger partial charge in [0.1, 0.15) is 0 Å². The average Bonchev–Trinajstić information content (AvgIpc) is 2.53. The SMILES string of the molecule is C/C(O)=C(/Cc1ccccc1)C(=O)Nc1ccc(S(N)(=O)=O)cc1. The van der Waals surface area contributed by atoms with Gasteiger partial charge in [0.05, 0.1) is 16.2 Å². The first-order valence-corrected chi connectivity index (χ1v) is 8.69. The molecule has 0 aliphatic heterocycles. The molecule has 0 saturated carbocycles. The Morgan fingerprint density at radius 3 is 2.17 bits per heavy atom. The van der Waals surface area contributed by atoms with Crippen LogP contribution in [0.5, 0.6) is 0 Å². The zero-order valence-electron chi connectivity index (χ0n) is 13.1. The zero-order chi connectivity index (χ0) is 17.7. The lowest BCUT2D eigenvalue weighted by Crippen LogP contribution is -2.18. The Balaban J connectivity index is 2.16. The molecule has 0 aliphatic carbocycles. The van der Waals surface area contributed by atoms with Crippen LogP contribution in [0.4, 0.5) is 5.69 Å². The summed E-state index contributed by atoms with van der Waals surface area (Å²) in [7, 11) is -3.78. The average molecular weight is 346 g/mol. The highest BCUT2D eigenvalue weighted by atomic mass is 32.2. The van der Waals surface area contributed by atoms with Crippen molar-refractivity contribution in [1.82, 2.24) is 0 Å². The van der Waals surface area contributed by atoms with Gasteiger partial charge < -0.3 is 10.4 Å². The van der Waals surface area contributed by atoms with Gasteiger partial charge in [0.15, 0.2) is 0 Å². The predicted molar refractivity (Wildman–Crippen MR) is 91.9 cm³/mol. The number of anilines is 1. The highest BCUT2D eigenvalue weighted by Gasteiger charge is 2.15. The van der Waals surface area contributed by atoms with E-state index in [2.05, 4.69) is 5.32 Å². The van der Waals surface area contributed by atoms with Crippen LogP contribution in [0.15, 0.2) is 70.8 Å². The third-order valence-corrected chi connectivity index (χ3v) is 4.30. The standard InChI is InChI=1S/C17H18N2O4S/c1-12(20)16(11-13-5-3-2-4-6-13)17(21)19-14-7-9-15(10-8-14)24(18,22)23/h2-10,20H,11H2,1H3,(H,19,21)(H2,18,22,23)/b16-12+. The highest BCUT2D eigenvalue weighted by molar-refractivity contribution is 7.89. The van der Waals surface area contributed by atoms with Gasteiger partial charge >= 0.3 is 0 Å². The van der Waals surface area contributed by atoms with Gasteiger partial charge in [0, 0.05) is 12.1 Å². The van der Waals surface area contributed by atoms with Crippen molar-refractivity contribution in [2.75, 3.05) is 5.32 Å². The van der Waals surface area contributed by atoms with Gasteiger partial charge in [-0.3, -0.25) is 4.79 Å². The predicted octanol–water partition coefficient (Wildman–Crippen LogP) is 2.35. The molecule has 1 amide bonds. The van der Waals surface area contributed by atoms with Gasteiger partial charge in [0.2, 0.25) is 10.0 Å². The monoisotopic (exact) mass is 346 g/mol. The molecular formula is C17H18N2O4S. The van der Waals surface area contributed by atoms with Gasteiger partial charge in [-0.2, -0.15) is 0 Å². The summed E-state index contributed by atoms with van der Waals surface area (Å²) in [4.78, 5) is 12.3. The highest BCUT2D eigenvalue weighted by Crippen LogP contribution is 2.16. The number of rotatable bonds is 5. The molecule has 0 bridgehead atoms. The number of allylic oxidation sites excluding steroid dienone is 1. The normalized spacial score (nSPS) is 12.4. The van der Waals surface area contributed by atoms with Crippen molar-refractivity contribution in [3.63, 3.8) is 0 Å². The van der Waals surface area contributed by atoms with Crippen LogP contribution in [0, 0.1) is 0 Å². The fraction of sp³-hybridized carbons (Fsp3) is 0.118. The molecule has 0 spiro atoms. The molecule has 4 N–H and O–H groups in total. The summed E-state index contributed by atoms with van der Waals surface area (Å²) in [5.74, 6) is -0.528. The molecule has 0 atom stereocenters. The second-order valence-corrected chi connectivity index (χ2v) is 6.81. The molecule has 0 radical (unpaired) electrons. The summed E-state index contributed by atoms with van der Waals surface area (Å²) < 4.78 is 22.4. The minimum atomic E-state index is -3.78. The molecule has 2 rings (SSSR count). The Hall–Kier alpha value is -2.64. The molecule has 2 aromatic rings. The number of sulfonamides is 1. The second-order valence-electron chi connectivity index (χ2n) is 5.25. The fourth-order valence-electron chi connectivity index (χ4n) is 2.11. The summed E-state index contributed by atoms with van der Waals surface area (Å²) in [5, 5.41) is 17.5. The van der Waals surface area contributed by atoms with Crippen LogP contribution in [-0.2, 0) is 21.2 Å². The van der Waals surface area contributed by atoms with E-state index in [1.807, 2.05) is 30.3 Å². The number of benzene rings is 2. The number of nitrogens with two attached hydrogens (primary N) is 1. The first-order chi connectivity index (χ1) is 11.3. The van der Waals surface area contributed by atoms with Gasteiger partial charge in [-0.25, -0.2) is 13.6 Å². The van der Waals surface area contributed by atoms with E-state index in [9.17, 15) is 18.3 Å². The first-order valence-electron chi connectivity index (χ1n) is 7.14. The molecule has 24 heavy (non-hydrogen) atoms. The van der Waals surface area contributed by atoms with E-state index in [1.165, 1.54) is 31.2 Å². The topological polar surface area (TPSA) is 109 Å². The maximum Gasteiger partial charge on any atom is 0.255 e. The Morgan fingerprint density at radius 2 is 1.67 bits per heavy atom. The van der Waals surface area contributed by atoms with E-state index >= 15 is 0 Å². The van der Waals surface area contributed by atoms with Crippen molar-refractivity contribution >= 4 is 21.6 Å². The van der Waals surface area contributed by atoms with E-state index in [1.54, 1.807) is 0 Å². The molecule has 0 unspecified atom stereocenters. The van der Waals surface area contributed by atoms with Crippen LogP contribution in [-0.4, -0.2) is 19.4 Å². The lowest BCUT2D eigenvalue weighted by Gasteiger charge is -2.11. The van der Waals surface area contributed by atoms with Crippen molar-refractivity contribution in [3.8, 4) is 0 Å². The van der Waals surface area contributed by atoms with Crippen molar-refractivity contribution in [2.24, 2.45) is 5.14 Å². The molecule has 0 aliphatic rings. The van der Waals surface area contributed by atoms with Crippen LogP contribution >= 0.6 is 0 Å². The number of carbonyl (C=O) groups excluding carboxylic acids is 1. The number of hydrogen-bond acceptors (Lipinski definition) is 4. The third-order valence-electron chi connectivity index (χ3n) is 3.38. The number of carbonyl (C=O) groups is 1. The molecule has 0 heterocycles. The van der Waals surface area contributed by atoms with Crippen LogP contribution in [0.3, 0.4) is 0 Å². The molecule has 126 valence electrons. The Morgan fingerprint density at radius 1 is 1.08 bits per heavy atom. The number of hydrogen-bond donors (Lipinski definition) is 3. The van der Waals surface area contributed by atoms with Crippen LogP contribution < -0.4 is 10.5 Å². The van der Waals surface area contributed by atoms with E-state index < -0.39 is 15.9 Å². The quantitative estimate of drug-likeness (QED) is 0.570. The van der Waals surface area contributed by atoms with Crippen molar-refractivity contribution in [1.29, 1.82) is 0 Å². The van der Waals surface area contributed by atoms with Crippen LogP contribution in [0.2, 0.25) is 0 Å². The summed E-state index contributed by atoms with van der Waals surface area (Å²) in [6.45, 7) is 1.45. The van der Waals surface area contributed by atoms with Crippen molar-refractivity contribution < 1.29 is 18.3 Å². The minimum absolute atomic E-state index is 0.0427. The van der Waals surface area contributed by atoms with Crippen molar-refractivity contribution in [3.05, 3.63) is 71.5 Å². The smallest absolute Gasteiger partial charge is 0.255 e. The molecular weight excluding hydrogens is 328 g/mol. The number of primary sulfonamides is 1. The largest absolute Gasteiger partial charge is 0.512 e. The third kappa shape index (κ3) is 4.68. The first kappa shape index (κ1) is 17.7. The zero-order valence-corrected chi connectivity index (χ0v) is 13.9. The van der Waals surface area contributed by atoms with E-state index in [-0.39, 0.29) is 22.6 Å². The Labute approximate surface area is 140 Å². The van der Waals surface area contributed by atoms with Crippen LogP contribution in [0.25, 0.3) is 0 Å².